The maximum Gasteiger partial charge on any atom is 0.151 e. The minimum Gasteiger partial charge on any atom is -0.507 e. The van der Waals surface area contributed by atoms with Gasteiger partial charge < -0.3 is 10.0 Å². The summed E-state index contributed by atoms with van der Waals surface area (Å²) in [6.45, 7) is 0. The largest absolute Gasteiger partial charge is 0.507 e. The Morgan fingerprint density at radius 2 is 1.89 bits per heavy atom. The smallest absolute Gasteiger partial charge is 0.151 e. The fraction of sp³-hybridized carbons (Fsp3) is 0.545. The number of phenolic OH excluding ortho intramolecular Hbond substituents is 1. The molecule has 2 aromatic rings. The Kier molecular flexibility index (Phi) is 4.06. The lowest BCUT2D eigenvalue weighted by molar-refractivity contribution is 0.144. The Hall–Kier alpha value is -2.17. The molecule has 0 aliphatic heterocycles. The number of hydrogen-bond donors (Lipinski definition) is 1. The molecule has 3 fully saturated rings. The third-order valence-electron chi connectivity index (χ3n) is 6.83. The second kappa shape index (κ2) is 6.47. The molecule has 4 atom stereocenters. The highest BCUT2D eigenvalue weighted by atomic mass is 19.1. The fourth-order valence-electron chi connectivity index (χ4n) is 5.04. The average molecular weight is 367 g/mol. The van der Waals surface area contributed by atoms with Crippen molar-refractivity contribution in [3.8, 4) is 17.0 Å². The summed E-state index contributed by atoms with van der Waals surface area (Å²) in [4.78, 5) is 1.96. The van der Waals surface area contributed by atoms with Crippen LogP contribution in [0.2, 0.25) is 0 Å². The number of nitrogens with zero attached hydrogens (tertiary/aromatic N) is 3. The van der Waals surface area contributed by atoms with E-state index >= 15 is 0 Å². The Balaban J connectivity index is 1.35. The standard InChI is InChI=1S/C22H26FN3O/c1-26(19-11-13-2-3-16(10-13)22(19)23)21-9-8-18(24-25-21)17-7-6-15(12-20(17)27)14-4-5-14/h6-9,12-14,16,19,22,27H,2-5,10-11H2,1H3/t13-,16+,19+,22-/m0/s1. The summed E-state index contributed by atoms with van der Waals surface area (Å²) in [5.74, 6) is 2.42. The van der Waals surface area contributed by atoms with Gasteiger partial charge in [0, 0.05) is 12.6 Å². The molecular formula is C22H26FN3O. The van der Waals surface area contributed by atoms with E-state index < -0.39 is 6.17 Å². The van der Waals surface area contributed by atoms with E-state index in [0.29, 0.717) is 28.9 Å². The number of fused-ring (bicyclic) bond motifs is 2. The number of anilines is 1. The first kappa shape index (κ1) is 17.0. The molecule has 0 radical (unpaired) electrons. The van der Waals surface area contributed by atoms with Gasteiger partial charge in [0.15, 0.2) is 5.82 Å². The van der Waals surface area contributed by atoms with Crippen molar-refractivity contribution in [2.75, 3.05) is 11.9 Å². The van der Waals surface area contributed by atoms with Gasteiger partial charge in [-0.3, -0.25) is 0 Å². The molecule has 0 amide bonds. The average Bonchev–Trinajstić information content (AvgIpc) is 3.46. The van der Waals surface area contributed by atoms with Crippen LogP contribution in [0.15, 0.2) is 30.3 Å². The van der Waals surface area contributed by atoms with E-state index in [4.69, 9.17) is 0 Å². The zero-order chi connectivity index (χ0) is 18.5. The molecule has 5 heteroatoms. The van der Waals surface area contributed by atoms with E-state index in [9.17, 15) is 9.50 Å². The normalized spacial score (nSPS) is 29.7. The molecule has 2 bridgehead atoms. The van der Waals surface area contributed by atoms with Crippen LogP contribution in [-0.4, -0.2) is 34.6 Å². The van der Waals surface area contributed by atoms with E-state index in [2.05, 4.69) is 16.3 Å². The van der Waals surface area contributed by atoms with Gasteiger partial charge in [0.1, 0.15) is 11.9 Å². The minimum atomic E-state index is -0.783. The maximum absolute atomic E-state index is 14.9. The van der Waals surface area contributed by atoms with Crippen LogP contribution >= 0.6 is 0 Å². The second-order valence-electron chi connectivity index (χ2n) is 8.63. The quantitative estimate of drug-likeness (QED) is 0.852. The molecule has 1 N–H and O–H groups in total. The lowest BCUT2D eigenvalue weighted by Gasteiger charge is -2.38. The predicted molar refractivity (Wildman–Crippen MR) is 104 cm³/mol. The second-order valence-corrected chi connectivity index (χ2v) is 8.63. The molecule has 27 heavy (non-hydrogen) atoms. The number of aromatic nitrogens is 2. The molecule has 0 saturated heterocycles. The van der Waals surface area contributed by atoms with Crippen LogP contribution in [0, 0.1) is 11.8 Å². The highest BCUT2D eigenvalue weighted by Crippen LogP contribution is 2.45. The summed E-state index contributed by atoms with van der Waals surface area (Å²) < 4.78 is 14.9. The number of aromatic hydroxyl groups is 1. The predicted octanol–water partition coefficient (Wildman–Crippen LogP) is 4.69. The van der Waals surface area contributed by atoms with E-state index in [1.54, 1.807) is 0 Å². The van der Waals surface area contributed by atoms with Gasteiger partial charge in [-0.25, -0.2) is 4.39 Å². The Bertz CT molecular complexity index is 836. The van der Waals surface area contributed by atoms with Crippen LogP contribution in [-0.2, 0) is 0 Å². The van der Waals surface area contributed by atoms with Crippen molar-refractivity contribution >= 4 is 5.82 Å². The SMILES string of the molecule is CN(c1ccc(-c2ccc(C3CC3)cc2O)nn1)[C@@H]1C[C@H]2CC[C@H](C2)[C@@H]1F. The molecular weight excluding hydrogens is 341 g/mol. The van der Waals surface area contributed by atoms with Crippen LogP contribution in [0.1, 0.15) is 50.0 Å². The van der Waals surface area contributed by atoms with Gasteiger partial charge in [-0.2, -0.15) is 0 Å². The molecule has 1 heterocycles. The molecule has 3 saturated carbocycles. The number of phenols is 1. The zero-order valence-electron chi connectivity index (χ0n) is 15.7. The molecule has 0 spiro atoms. The van der Waals surface area contributed by atoms with Crippen molar-refractivity contribution in [1.29, 1.82) is 0 Å². The fourth-order valence-corrected chi connectivity index (χ4v) is 5.04. The summed E-state index contributed by atoms with van der Waals surface area (Å²) in [5, 5.41) is 19.0. The first-order chi connectivity index (χ1) is 13.1. The maximum atomic E-state index is 14.9. The Morgan fingerprint density at radius 1 is 1.04 bits per heavy atom. The Morgan fingerprint density at radius 3 is 2.59 bits per heavy atom. The molecule has 1 aromatic heterocycles. The number of hydrogen-bond acceptors (Lipinski definition) is 4. The summed E-state index contributed by atoms with van der Waals surface area (Å²) >= 11 is 0. The van der Waals surface area contributed by atoms with Gasteiger partial charge in [-0.05, 0) is 86.1 Å². The van der Waals surface area contributed by atoms with Crippen LogP contribution in [0.3, 0.4) is 0 Å². The van der Waals surface area contributed by atoms with E-state index in [1.807, 2.05) is 36.2 Å². The van der Waals surface area contributed by atoms with Crippen molar-refractivity contribution in [1.82, 2.24) is 10.2 Å². The molecule has 3 aliphatic carbocycles. The van der Waals surface area contributed by atoms with Crippen molar-refractivity contribution < 1.29 is 9.50 Å². The lowest BCUT2D eigenvalue weighted by Crippen LogP contribution is -2.46. The minimum absolute atomic E-state index is 0.109. The van der Waals surface area contributed by atoms with Crippen LogP contribution in [0.4, 0.5) is 10.2 Å². The van der Waals surface area contributed by atoms with Crippen LogP contribution in [0.25, 0.3) is 11.3 Å². The highest BCUT2D eigenvalue weighted by molar-refractivity contribution is 5.67. The van der Waals surface area contributed by atoms with Crippen molar-refractivity contribution in [2.24, 2.45) is 11.8 Å². The third-order valence-corrected chi connectivity index (χ3v) is 6.83. The summed E-state index contributed by atoms with van der Waals surface area (Å²) in [5.41, 5.74) is 2.54. The third kappa shape index (κ3) is 3.07. The van der Waals surface area contributed by atoms with Gasteiger partial charge in [-0.1, -0.05) is 6.07 Å². The summed E-state index contributed by atoms with van der Waals surface area (Å²) in [6.07, 6.45) is 5.77. The number of rotatable bonds is 4. The van der Waals surface area contributed by atoms with Crippen molar-refractivity contribution in [3.05, 3.63) is 35.9 Å². The van der Waals surface area contributed by atoms with Gasteiger partial charge in [-0.15, -0.1) is 10.2 Å². The van der Waals surface area contributed by atoms with Crippen LogP contribution in [0.5, 0.6) is 5.75 Å². The number of alkyl halides is 1. The Labute approximate surface area is 159 Å². The number of halogens is 1. The molecule has 5 rings (SSSR count). The first-order valence-corrected chi connectivity index (χ1v) is 10.1. The molecule has 3 aliphatic rings. The summed E-state index contributed by atoms with van der Waals surface area (Å²) in [7, 11) is 1.92. The molecule has 1 aromatic carbocycles. The number of benzene rings is 1. The van der Waals surface area contributed by atoms with E-state index in [0.717, 1.165) is 25.7 Å². The van der Waals surface area contributed by atoms with E-state index in [-0.39, 0.29) is 17.7 Å². The highest BCUT2D eigenvalue weighted by Gasteiger charge is 2.44. The van der Waals surface area contributed by atoms with Crippen LogP contribution < -0.4 is 4.90 Å². The van der Waals surface area contributed by atoms with Gasteiger partial charge in [0.2, 0.25) is 0 Å². The van der Waals surface area contributed by atoms with Gasteiger partial charge in [0.05, 0.1) is 11.7 Å². The lowest BCUT2D eigenvalue weighted by atomic mass is 9.83. The van der Waals surface area contributed by atoms with Crippen molar-refractivity contribution in [2.45, 2.75) is 56.7 Å². The summed E-state index contributed by atoms with van der Waals surface area (Å²) in [6, 6.07) is 9.49. The molecule has 0 unspecified atom stereocenters. The monoisotopic (exact) mass is 367 g/mol. The zero-order valence-corrected chi connectivity index (χ0v) is 15.7. The van der Waals surface area contributed by atoms with Gasteiger partial charge in [0.25, 0.3) is 0 Å². The first-order valence-electron chi connectivity index (χ1n) is 10.1. The van der Waals surface area contributed by atoms with E-state index in [1.165, 1.54) is 18.4 Å². The van der Waals surface area contributed by atoms with Crippen molar-refractivity contribution in [3.63, 3.8) is 0 Å². The molecule has 142 valence electrons. The topological polar surface area (TPSA) is 49.2 Å². The molecule has 4 nitrogen and oxygen atoms in total. The van der Waals surface area contributed by atoms with Gasteiger partial charge >= 0.3 is 0 Å².